The molecule has 1 aromatic heterocycles. The lowest BCUT2D eigenvalue weighted by molar-refractivity contribution is 0.0198. The van der Waals surface area contributed by atoms with E-state index in [0.717, 1.165) is 30.7 Å². The number of aromatic amines is 1. The maximum absolute atomic E-state index is 12.4. The number of H-pyrrole nitrogens is 1. The Labute approximate surface area is 142 Å². The van der Waals surface area contributed by atoms with Gasteiger partial charge in [-0.3, -0.25) is 0 Å². The number of fused-ring (bicyclic) bond motifs is 1. The Morgan fingerprint density at radius 1 is 1.33 bits per heavy atom. The van der Waals surface area contributed by atoms with Crippen LogP contribution in [0.25, 0.3) is 10.9 Å². The molecule has 0 bridgehead atoms. The van der Waals surface area contributed by atoms with Crippen molar-refractivity contribution >= 4 is 17.0 Å². The summed E-state index contributed by atoms with van der Waals surface area (Å²) in [6.07, 6.45) is 3.90. The highest BCUT2D eigenvalue weighted by Gasteiger charge is 2.29. The molecule has 0 spiro atoms. The lowest BCUT2D eigenvalue weighted by Crippen LogP contribution is -2.42. The van der Waals surface area contributed by atoms with E-state index in [0.29, 0.717) is 12.5 Å². The van der Waals surface area contributed by atoms with Crippen LogP contribution in [0.3, 0.4) is 0 Å². The van der Waals surface area contributed by atoms with E-state index in [9.17, 15) is 4.79 Å². The van der Waals surface area contributed by atoms with Crippen LogP contribution < -0.4 is 4.74 Å². The van der Waals surface area contributed by atoms with Gasteiger partial charge in [-0.1, -0.05) is 0 Å². The molecule has 1 N–H and O–H groups in total. The minimum atomic E-state index is -0.460. The van der Waals surface area contributed by atoms with Gasteiger partial charge in [0.15, 0.2) is 0 Å². The molecule has 1 aromatic carbocycles. The molecule has 0 saturated carbocycles. The number of benzene rings is 1. The molecule has 2 aromatic rings. The third-order valence-corrected chi connectivity index (χ3v) is 4.43. The number of ether oxygens (including phenoxy) is 2. The van der Waals surface area contributed by atoms with Gasteiger partial charge >= 0.3 is 6.09 Å². The van der Waals surface area contributed by atoms with Crippen molar-refractivity contribution in [3.63, 3.8) is 0 Å². The topological polar surface area (TPSA) is 54.6 Å². The van der Waals surface area contributed by atoms with Gasteiger partial charge in [-0.2, -0.15) is 0 Å². The Kier molecular flexibility index (Phi) is 4.43. The van der Waals surface area contributed by atoms with Gasteiger partial charge in [0.2, 0.25) is 0 Å². The Bertz CT molecular complexity index is 730. The van der Waals surface area contributed by atoms with E-state index in [1.165, 1.54) is 10.9 Å². The zero-order valence-corrected chi connectivity index (χ0v) is 14.9. The number of methoxy groups -OCH3 is 1. The number of rotatable bonds is 2. The smallest absolute Gasteiger partial charge is 0.410 e. The van der Waals surface area contributed by atoms with E-state index >= 15 is 0 Å². The molecule has 1 saturated heterocycles. The fraction of sp³-hybridized carbons (Fsp3) is 0.526. The van der Waals surface area contributed by atoms with Gasteiger partial charge in [0.05, 0.1) is 7.11 Å². The lowest BCUT2D eigenvalue weighted by atomic mass is 9.90. The predicted molar refractivity (Wildman–Crippen MR) is 94.6 cm³/mol. The number of carbonyl (C=O) groups excluding carboxylic acids is 1. The van der Waals surface area contributed by atoms with Crippen molar-refractivity contribution in [2.45, 2.75) is 45.1 Å². The first-order valence-corrected chi connectivity index (χ1v) is 8.50. The van der Waals surface area contributed by atoms with Gasteiger partial charge in [-0.15, -0.1) is 0 Å². The first-order valence-electron chi connectivity index (χ1n) is 8.50. The largest absolute Gasteiger partial charge is 0.497 e. The van der Waals surface area contributed by atoms with Crippen LogP contribution >= 0.6 is 0 Å². The van der Waals surface area contributed by atoms with Crippen LogP contribution in [-0.4, -0.2) is 41.8 Å². The van der Waals surface area contributed by atoms with Crippen LogP contribution in [0.15, 0.2) is 24.4 Å². The van der Waals surface area contributed by atoms with Crippen molar-refractivity contribution in [3.05, 3.63) is 30.0 Å². The van der Waals surface area contributed by atoms with Crippen LogP contribution in [0.4, 0.5) is 4.79 Å². The third-order valence-electron chi connectivity index (χ3n) is 4.43. The van der Waals surface area contributed by atoms with E-state index in [-0.39, 0.29) is 6.09 Å². The maximum Gasteiger partial charge on any atom is 0.410 e. The molecule has 0 aliphatic carbocycles. The van der Waals surface area contributed by atoms with Crippen LogP contribution in [0.2, 0.25) is 0 Å². The van der Waals surface area contributed by atoms with Gasteiger partial charge in [0, 0.05) is 36.1 Å². The summed E-state index contributed by atoms with van der Waals surface area (Å²) in [5, 5.41) is 1.17. The van der Waals surface area contributed by atoms with Gasteiger partial charge in [0.1, 0.15) is 11.4 Å². The number of amides is 1. The van der Waals surface area contributed by atoms with Crippen molar-refractivity contribution in [2.75, 3.05) is 20.2 Å². The Balaban J connectivity index is 1.81. The zero-order valence-electron chi connectivity index (χ0n) is 14.9. The van der Waals surface area contributed by atoms with Crippen LogP contribution in [0.1, 0.15) is 45.1 Å². The summed E-state index contributed by atoms with van der Waals surface area (Å²) in [5.74, 6) is 1.16. The molecule has 5 heteroatoms. The van der Waals surface area contributed by atoms with Crippen LogP contribution in [-0.2, 0) is 4.74 Å². The van der Waals surface area contributed by atoms with Crippen molar-refractivity contribution in [3.8, 4) is 5.75 Å². The Hall–Kier alpha value is -2.17. The van der Waals surface area contributed by atoms with Crippen molar-refractivity contribution in [1.82, 2.24) is 9.88 Å². The standard InChI is InChI=1S/C19H26N2O3/c1-19(2,3)24-18(22)21-9-5-6-13(12-21)16-11-20-17-8-7-14(23-4)10-15(16)17/h7-8,10-11,13,20H,5-6,9,12H2,1-4H3. The second-order valence-corrected chi connectivity index (χ2v) is 7.42. The van der Waals surface area contributed by atoms with Crippen LogP contribution in [0, 0.1) is 0 Å². The number of nitrogens with one attached hydrogen (secondary N) is 1. The molecule has 130 valence electrons. The maximum atomic E-state index is 12.4. The summed E-state index contributed by atoms with van der Waals surface area (Å²) in [6.45, 7) is 7.16. The molecule has 5 nitrogen and oxygen atoms in total. The number of nitrogens with zero attached hydrogens (tertiary/aromatic N) is 1. The van der Waals surface area contributed by atoms with Crippen molar-refractivity contribution < 1.29 is 14.3 Å². The highest BCUT2D eigenvalue weighted by Crippen LogP contribution is 2.34. The average Bonchev–Trinajstić information content (AvgIpc) is 2.96. The van der Waals surface area contributed by atoms with E-state index in [4.69, 9.17) is 9.47 Å². The van der Waals surface area contributed by atoms with Gasteiger partial charge < -0.3 is 19.4 Å². The SMILES string of the molecule is COc1ccc2[nH]cc(C3CCCN(C(=O)OC(C)(C)C)C3)c2c1. The molecule has 1 fully saturated rings. The highest BCUT2D eigenvalue weighted by atomic mass is 16.6. The molecule has 1 aliphatic rings. The molecule has 3 rings (SSSR count). The number of carbonyl (C=O) groups is 1. The first kappa shape index (κ1) is 16.7. The lowest BCUT2D eigenvalue weighted by Gasteiger charge is -2.34. The predicted octanol–water partition coefficient (Wildman–Crippen LogP) is 4.29. The summed E-state index contributed by atoms with van der Waals surface area (Å²) in [4.78, 5) is 17.5. The first-order chi connectivity index (χ1) is 11.4. The second-order valence-electron chi connectivity index (χ2n) is 7.42. The minimum absolute atomic E-state index is 0.218. The van der Waals surface area contributed by atoms with E-state index in [1.807, 2.05) is 37.8 Å². The summed E-state index contributed by atoms with van der Waals surface area (Å²) >= 11 is 0. The quantitative estimate of drug-likeness (QED) is 0.893. The van der Waals surface area contributed by atoms with E-state index in [2.05, 4.69) is 17.2 Å². The number of likely N-dealkylation sites (tertiary alicyclic amines) is 1. The molecule has 1 atom stereocenters. The fourth-order valence-electron chi connectivity index (χ4n) is 3.31. The Morgan fingerprint density at radius 3 is 2.83 bits per heavy atom. The normalized spacial score (nSPS) is 18.7. The molecule has 1 aliphatic heterocycles. The summed E-state index contributed by atoms with van der Waals surface area (Å²) in [7, 11) is 1.68. The van der Waals surface area contributed by atoms with Crippen molar-refractivity contribution in [1.29, 1.82) is 0 Å². The highest BCUT2D eigenvalue weighted by molar-refractivity contribution is 5.85. The molecular weight excluding hydrogens is 304 g/mol. The van der Waals surface area contributed by atoms with E-state index in [1.54, 1.807) is 7.11 Å². The molecule has 2 heterocycles. The number of aromatic nitrogens is 1. The monoisotopic (exact) mass is 330 g/mol. The molecule has 1 amide bonds. The van der Waals surface area contributed by atoms with Gasteiger partial charge in [-0.05, 0) is 57.4 Å². The van der Waals surface area contributed by atoms with E-state index < -0.39 is 5.60 Å². The number of hydrogen-bond acceptors (Lipinski definition) is 3. The van der Waals surface area contributed by atoms with Crippen molar-refractivity contribution in [2.24, 2.45) is 0 Å². The summed E-state index contributed by atoms with van der Waals surface area (Å²) < 4.78 is 10.9. The number of piperidine rings is 1. The Morgan fingerprint density at radius 2 is 2.12 bits per heavy atom. The van der Waals surface area contributed by atoms with Gasteiger partial charge in [-0.25, -0.2) is 4.79 Å². The zero-order chi connectivity index (χ0) is 17.3. The number of hydrogen-bond donors (Lipinski definition) is 1. The molecule has 1 unspecified atom stereocenters. The average molecular weight is 330 g/mol. The summed E-state index contributed by atoms with van der Waals surface area (Å²) in [5.41, 5.74) is 1.88. The molecule has 0 radical (unpaired) electrons. The second kappa shape index (κ2) is 6.38. The van der Waals surface area contributed by atoms with Gasteiger partial charge in [0.25, 0.3) is 0 Å². The summed E-state index contributed by atoms with van der Waals surface area (Å²) in [6, 6.07) is 6.05. The fourth-order valence-corrected chi connectivity index (χ4v) is 3.31. The minimum Gasteiger partial charge on any atom is -0.497 e. The van der Waals surface area contributed by atoms with Crippen LogP contribution in [0.5, 0.6) is 5.75 Å². The third kappa shape index (κ3) is 3.50. The molecular formula is C19H26N2O3. The molecule has 24 heavy (non-hydrogen) atoms.